The van der Waals surface area contributed by atoms with Gasteiger partial charge < -0.3 is 5.32 Å². The zero-order chi connectivity index (χ0) is 16.3. The van der Waals surface area contributed by atoms with Gasteiger partial charge in [0.15, 0.2) is 0 Å². The molecule has 2 aromatic heterocycles. The van der Waals surface area contributed by atoms with Crippen molar-refractivity contribution < 1.29 is 9.72 Å². The van der Waals surface area contributed by atoms with Gasteiger partial charge in [-0.3, -0.25) is 24.3 Å². The molecule has 0 aliphatic carbocycles. The largest absolute Gasteiger partial charge is 0.349 e. The Kier molecular flexibility index (Phi) is 4.54. The van der Waals surface area contributed by atoms with Crippen molar-refractivity contribution >= 4 is 11.6 Å². The second kappa shape index (κ2) is 6.37. The first-order valence-electron chi connectivity index (χ1n) is 6.94. The maximum absolute atomic E-state index is 12.0. The van der Waals surface area contributed by atoms with E-state index in [0.717, 1.165) is 0 Å². The normalized spacial score (nSPS) is 10.7. The van der Waals surface area contributed by atoms with Crippen LogP contribution in [0.25, 0.3) is 0 Å². The van der Waals surface area contributed by atoms with E-state index in [4.69, 9.17) is 0 Å². The van der Waals surface area contributed by atoms with Crippen molar-refractivity contribution in [2.24, 2.45) is 0 Å². The van der Waals surface area contributed by atoms with Gasteiger partial charge in [-0.2, -0.15) is 10.2 Å². The fourth-order valence-electron chi connectivity index (χ4n) is 2.31. The molecule has 0 aliphatic heterocycles. The topological polar surface area (TPSA) is 108 Å². The maximum atomic E-state index is 12.0. The molecule has 2 heterocycles. The second-order valence-corrected chi connectivity index (χ2v) is 4.79. The van der Waals surface area contributed by atoms with Crippen molar-refractivity contribution in [3.05, 3.63) is 39.5 Å². The van der Waals surface area contributed by atoms with E-state index in [1.807, 2.05) is 6.92 Å². The highest BCUT2D eigenvalue weighted by molar-refractivity contribution is 5.92. The van der Waals surface area contributed by atoms with Gasteiger partial charge in [-0.05, 0) is 26.8 Å². The average Bonchev–Trinajstić information content (AvgIpc) is 3.03. The van der Waals surface area contributed by atoms with Gasteiger partial charge in [-0.15, -0.1) is 0 Å². The summed E-state index contributed by atoms with van der Waals surface area (Å²) < 4.78 is 3.13. The third-order valence-corrected chi connectivity index (χ3v) is 3.38. The average molecular weight is 306 g/mol. The highest BCUT2D eigenvalue weighted by Crippen LogP contribution is 2.21. The minimum absolute atomic E-state index is 0.0235. The number of hydrogen-bond donors (Lipinski definition) is 1. The van der Waals surface area contributed by atoms with Crippen LogP contribution in [-0.4, -0.2) is 36.9 Å². The first-order valence-corrected chi connectivity index (χ1v) is 6.94. The van der Waals surface area contributed by atoms with E-state index in [1.165, 1.54) is 4.68 Å². The lowest BCUT2D eigenvalue weighted by Gasteiger charge is -2.07. The summed E-state index contributed by atoms with van der Waals surface area (Å²) in [5.74, 6) is -0.226. The van der Waals surface area contributed by atoms with E-state index in [2.05, 4.69) is 15.5 Å². The maximum Gasteiger partial charge on any atom is 0.312 e. The van der Waals surface area contributed by atoms with Crippen molar-refractivity contribution in [1.82, 2.24) is 24.9 Å². The summed E-state index contributed by atoms with van der Waals surface area (Å²) in [6.07, 6.45) is 1.57. The van der Waals surface area contributed by atoms with Crippen LogP contribution in [0.15, 0.2) is 12.3 Å². The number of nitrogens with zero attached hydrogens (tertiary/aromatic N) is 5. The Balaban J connectivity index is 1.99. The number of hydrogen-bond acceptors (Lipinski definition) is 5. The molecule has 118 valence electrons. The highest BCUT2D eigenvalue weighted by Gasteiger charge is 2.21. The summed E-state index contributed by atoms with van der Waals surface area (Å²) in [6, 6.07) is 1.65. The number of carbonyl (C=O) groups excluding carboxylic acids is 1. The van der Waals surface area contributed by atoms with E-state index < -0.39 is 4.92 Å². The Morgan fingerprint density at radius 1 is 1.41 bits per heavy atom. The third kappa shape index (κ3) is 2.97. The zero-order valence-corrected chi connectivity index (χ0v) is 12.7. The Bertz CT molecular complexity index is 703. The molecule has 2 aromatic rings. The number of aromatic nitrogens is 4. The summed E-state index contributed by atoms with van der Waals surface area (Å²) in [5.41, 5.74) is 1.37. The molecule has 0 radical (unpaired) electrons. The van der Waals surface area contributed by atoms with Gasteiger partial charge in [0.05, 0.1) is 11.5 Å². The Hall–Kier alpha value is -2.71. The summed E-state index contributed by atoms with van der Waals surface area (Å²) >= 11 is 0. The molecule has 0 atom stereocenters. The fraction of sp³-hybridized carbons (Fsp3) is 0.462. The molecule has 0 saturated heterocycles. The lowest BCUT2D eigenvalue weighted by atomic mass is 10.3. The van der Waals surface area contributed by atoms with Crippen molar-refractivity contribution in [2.45, 2.75) is 33.9 Å². The molecular formula is C13H18N6O3. The van der Waals surface area contributed by atoms with E-state index in [-0.39, 0.29) is 11.6 Å². The van der Waals surface area contributed by atoms with Crippen LogP contribution in [0, 0.1) is 24.0 Å². The van der Waals surface area contributed by atoms with Crippen LogP contribution >= 0.6 is 0 Å². The molecule has 22 heavy (non-hydrogen) atoms. The van der Waals surface area contributed by atoms with Crippen molar-refractivity contribution in [1.29, 1.82) is 0 Å². The van der Waals surface area contributed by atoms with Crippen LogP contribution in [-0.2, 0) is 13.1 Å². The van der Waals surface area contributed by atoms with E-state index in [1.54, 1.807) is 30.8 Å². The van der Waals surface area contributed by atoms with E-state index in [9.17, 15) is 14.9 Å². The van der Waals surface area contributed by atoms with Crippen LogP contribution in [0.5, 0.6) is 0 Å². The highest BCUT2D eigenvalue weighted by atomic mass is 16.6. The molecule has 2 rings (SSSR count). The molecule has 0 unspecified atom stereocenters. The zero-order valence-electron chi connectivity index (χ0n) is 12.7. The summed E-state index contributed by atoms with van der Waals surface area (Å²) in [4.78, 5) is 22.5. The molecule has 1 N–H and O–H groups in total. The summed E-state index contributed by atoms with van der Waals surface area (Å²) in [6.45, 7) is 6.45. The van der Waals surface area contributed by atoms with Crippen molar-refractivity contribution in [3.8, 4) is 0 Å². The van der Waals surface area contributed by atoms with Gasteiger partial charge in [0.1, 0.15) is 17.1 Å². The minimum Gasteiger partial charge on any atom is -0.349 e. The van der Waals surface area contributed by atoms with Crippen LogP contribution in [0.4, 0.5) is 5.69 Å². The fourth-order valence-corrected chi connectivity index (χ4v) is 2.31. The third-order valence-electron chi connectivity index (χ3n) is 3.38. The number of nitrogens with one attached hydrogen (secondary N) is 1. The van der Waals surface area contributed by atoms with Crippen LogP contribution in [0.2, 0.25) is 0 Å². The number of carbonyl (C=O) groups is 1. The van der Waals surface area contributed by atoms with Crippen molar-refractivity contribution in [3.63, 3.8) is 0 Å². The van der Waals surface area contributed by atoms with Gasteiger partial charge >= 0.3 is 5.69 Å². The number of nitro groups is 1. The van der Waals surface area contributed by atoms with E-state index in [0.29, 0.717) is 36.7 Å². The lowest BCUT2D eigenvalue weighted by Crippen LogP contribution is -2.29. The molecule has 1 amide bonds. The quantitative estimate of drug-likeness (QED) is 0.634. The standard InChI is InChI=1S/C13H18N6O3/c1-4-17-11(5-6-15-17)13(20)14-7-8-18-10(3)12(19(21)22)9(2)16-18/h5-6H,4,7-8H2,1-3H3,(H,14,20). The predicted octanol–water partition coefficient (Wildman–Crippen LogP) is 1.05. The number of aryl methyl sites for hydroxylation is 2. The molecule has 0 spiro atoms. The summed E-state index contributed by atoms with van der Waals surface area (Å²) in [5, 5.41) is 21.9. The van der Waals surface area contributed by atoms with Crippen molar-refractivity contribution in [2.75, 3.05) is 6.54 Å². The predicted molar refractivity (Wildman–Crippen MR) is 78.6 cm³/mol. The van der Waals surface area contributed by atoms with Gasteiger partial charge in [0, 0.05) is 19.3 Å². The van der Waals surface area contributed by atoms with Gasteiger partial charge in [0.2, 0.25) is 0 Å². The SMILES string of the molecule is CCn1nccc1C(=O)NCCn1nc(C)c([N+](=O)[O-])c1C. The first kappa shape index (κ1) is 15.7. The lowest BCUT2D eigenvalue weighted by molar-refractivity contribution is -0.386. The van der Waals surface area contributed by atoms with E-state index >= 15 is 0 Å². The molecule has 9 nitrogen and oxygen atoms in total. The Morgan fingerprint density at radius 2 is 2.14 bits per heavy atom. The van der Waals surface area contributed by atoms with Crippen LogP contribution in [0.3, 0.4) is 0 Å². The molecule has 0 fully saturated rings. The van der Waals surface area contributed by atoms with Crippen LogP contribution in [0.1, 0.15) is 28.8 Å². The number of rotatable bonds is 6. The monoisotopic (exact) mass is 306 g/mol. The van der Waals surface area contributed by atoms with Crippen LogP contribution < -0.4 is 5.32 Å². The minimum atomic E-state index is -0.438. The first-order chi connectivity index (χ1) is 10.5. The summed E-state index contributed by atoms with van der Waals surface area (Å²) in [7, 11) is 0. The molecule has 0 aromatic carbocycles. The van der Waals surface area contributed by atoms with Gasteiger partial charge in [0.25, 0.3) is 5.91 Å². The molecule has 0 aliphatic rings. The van der Waals surface area contributed by atoms with Gasteiger partial charge in [-0.1, -0.05) is 0 Å². The number of amides is 1. The Labute approximate surface area is 127 Å². The smallest absolute Gasteiger partial charge is 0.312 e. The molecule has 9 heteroatoms. The molecule has 0 saturated carbocycles. The second-order valence-electron chi connectivity index (χ2n) is 4.79. The Morgan fingerprint density at radius 3 is 2.73 bits per heavy atom. The molecular weight excluding hydrogens is 288 g/mol. The molecule has 0 bridgehead atoms. The van der Waals surface area contributed by atoms with Gasteiger partial charge in [-0.25, -0.2) is 0 Å².